The van der Waals surface area contributed by atoms with E-state index in [4.69, 9.17) is 0 Å². The van der Waals surface area contributed by atoms with E-state index in [1.807, 2.05) is 0 Å². The molecule has 0 aromatic heterocycles. The molecule has 1 aromatic carbocycles. The summed E-state index contributed by atoms with van der Waals surface area (Å²) < 4.78 is 0. The number of hydrogen-bond donors (Lipinski definition) is 4. The molecule has 10 nitrogen and oxygen atoms in total. The normalized spacial score (nSPS) is 16.7. The van der Waals surface area contributed by atoms with Crippen LogP contribution in [0.15, 0.2) is 24.3 Å². The van der Waals surface area contributed by atoms with Crippen LogP contribution in [0.1, 0.15) is 31.7 Å². The van der Waals surface area contributed by atoms with Crippen molar-refractivity contribution in [3.05, 3.63) is 29.8 Å². The summed E-state index contributed by atoms with van der Waals surface area (Å²) in [5.41, 5.74) is 0.723. The van der Waals surface area contributed by atoms with Crippen LogP contribution in [0.2, 0.25) is 0 Å². The molecule has 1 aliphatic rings. The highest BCUT2D eigenvalue weighted by Crippen LogP contribution is 2.17. The van der Waals surface area contributed by atoms with Gasteiger partial charge in [0.15, 0.2) is 0 Å². The molecule has 4 N–H and O–H groups in total. The number of phenolic OH excluding ortho intramolecular Hbond substituents is 1. The molecule has 0 radical (unpaired) electrons. The third-order valence-electron chi connectivity index (χ3n) is 4.97. The predicted molar refractivity (Wildman–Crippen MR) is 111 cm³/mol. The fraction of sp³-hybridized carbons (Fsp3) is 0.476. The van der Waals surface area contributed by atoms with Crippen molar-refractivity contribution < 1.29 is 29.1 Å². The first-order chi connectivity index (χ1) is 14.8. The Morgan fingerprint density at radius 1 is 1.16 bits per heavy atom. The molecule has 10 heteroatoms. The number of nitrogens with one attached hydrogen (secondary N) is 3. The number of amides is 4. The Morgan fingerprint density at radius 3 is 2.52 bits per heavy atom. The van der Waals surface area contributed by atoms with Crippen molar-refractivity contribution in [3.63, 3.8) is 0 Å². The molecule has 2 atom stereocenters. The standard InChI is InChI=1S/C21H28N4O6/c1-14(27)24-17(12-15-5-7-16(28)8-6-15)20(30)23-13-19(29)25-10-3-2-4-18(25)21(31)22-9-11-26/h5-8,11,17-18,28H,2-4,9-10,12-13H2,1H3,(H,22,31)(H,23,30)(H,24,27)/t17-,18-/m0/s1. The van der Waals surface area contributed by atoms with Crippen LogP contribution < -0.4 is 16.0 Å². The number of aromatic hydroxyl groups is 1. The second kappa shape index (κ2) is 11.7. The molecule has 0 spiro atoms. The summed E-state index contributed by atoms with van der Waals surface area (Å²) in [7, 11) is 0. The van der Waals surface area contributed by atoms with Crippen LogP contribution in [0.25, 0.3) is 0 Å². The topological polar surface area (TPSA) is 145 Å². The van der Waals surface area contributed by atoms with E-state index in [-0.39, 0.29) is 25.3 Å². The van der Waals surface area contributed by atoms with E-state index in [9.17, 15) is 29.1 Å². The number of nitrogens with zero attached hydrogens (tertiary/aromatic N) is 1. The van der Waals surface area contributed by atoms with Gasteiger partial charge in [0.05, 0.1) is 13.1 Å². The highest BCUT2D eigenvalue weighted by molar-refractivity contribution is 5.92. The van der Waals surface area contributed by atoms with Gasteiger partial charge < -0.3 is 30.8 Å². The molecule has 168 valence electrons. The first kappa shape index (κ1) is 23.8. The summed E-state index contributed by atoms with van der Waals surface area (Å²) in [5, 5.41) is 17.0. The van der Waals surface area contributed by atoms with E-state index >= 15 is 0 Å². The number of aldehydes is 1. The molecule has 1 saturated heterocycles. The smallest absolute Gasteiger partial charge is 0.243 e. The molecule has 2 rings (SSSR count). The highest BCUT2D eigenvalue weighted by Gasteiger charge is 2.32. The van der Waals surface area contributed by atoms with Gasteiger partial charge in [0.2, 0.25) is 23.6 Å². The van der Waals surface area contributed by atoms with Crippen molar-refractivity contribution >= 4 is 29.9 Å². The lowest BCUT2D eigenvalue weighted by molar-refractivity contribution is -0.142. The maximum atomic E-state index is 12.7. The Bertz CT molecular complexity index is 811. The average Bonchev–Trinajstić information content (AvgIpc) is 2.76. The van der Waals surface area contributed by atoms with Gasteiger partial charge in [0.1, 0.15) is 24.1 Å². The number of benzene rings is 1. The van der Waals surface area contributed by atoms with Gasteiger partial charge in [0.25, 0.3) is 0 Å². The molecule has 1 aliphatic heterocycles. The number of rotatable bonds is 9. The van der Waals surface area contributed by atoms with E-state index in [1.54, 1.807) is 12.1 Å². The van der Waals surface area contributed by atoms with Gasteiger partial charge in [-0.05, 0) is 37.0 Å². The zero-order chi connectivity index (χ0) is 22.8. The van der Waals surface area contributed by atoms with Crippen LogP contribution in [-0.2, 0) is 30.4 Å². The average molecular weight is 432 g/mol. The molecule has 0 saturated carbocycles. The largest absolute Gasteiger partial charge is 0.508 e. The fourth-order valence-electron chi connectivity index (χ4n) is 3.47. The lowest BCUT2D eigenvalue weighted by Gasteiger charge is -2.34. The van der Waals surface area contributed by atoms with Crippen molar-refractivity contribution in [1.29, 1.82) is 0 Å². The van der Waals surface area contributed by atoms with E-state index in [2.05, 4.69) is 16.0 Å². The molecule has 31 heavy (non-hydrogen) atoms. The predicted octanol–water partition coefficient (Wildman–Crippen LogP) is -0.748. The Kier molecular flexibility index (Phi) is 8.98. The monoisotopic (exact) mass is 432 g/mol. The Balaban J connectivity index is 1.98. The lowest BCUT2D eigenvalue weighted by Crippen LogP contribution is -2.55. The molecule has 4 amide bonds. The number of hydrogen-bond acceptors (Lipinski definition) is 6. The quantitative estimate of drug-likeness (QED) is 0.378. The molecule has 1 heterocycles. The van der Waals surface area contributed by atoms with E-state index in [1.165, 1.54) is 24.0 Å². The lowest BCUT2D eigenvalue weighted by atomic mass is 10.0. The molecule has 0 aliphatic carbocycles. The second-order valence-corrected chi connectivity index (χ2v) is 7.35. The summed E-state index contributed by atoms with van der Waals surface area (Å²) in [4.78, 5) is 61.0. The van der Waals surface area contributed by atoms with Gasteiger partial charge in [-0.25, -0.2) is 0 Å². The number of likely N-dealkylation sites (tertiary alicyclic amines) is 1. The van der Waals surface area contributed by atoms with E-state index < -0.39 is 35.7 Å². The van der Waals surface area contributed by atoms with Gasteiger partial charge >= 0.3 is 0 Å². The Morgan fingerprint density at radius 2 is 1.87 bits per heavy atom. The van der Waals surface area contributed by atoms with Crippen molar-refractivity contribution in [3.8, 4) is 5.75 Å². The van der Waals surface area contributed by atoms with Crippen LogP contribution in [-0.4, -0.2) is 71.6 Å². The minimum atomic E-state index is -0.900. The summed E-state index contributed by atoms with van der Waals surface area (Å²) >= 11 is 0. The third-order valence-corrected chi connectivity index (χ3v) is 4.97. The number of phenols is 1. The SMILES string of the molecule is CC(=O)N[C@@H](Cc1ccc(O)cc1)C(=O)NCC(=O)N1CCCC[C@H]1C(=O)NCC=O. The van der Waals surface area contributed by atoms with Crippen molar-refractivity contribution in [1.82, 2.24) is 20.9 Å². The minimum Gasteiger partial charge on any atom is -0.508 e. The number of piperidine rings is 1. The summed E-state index contributed by atoms with van der Waals surface area (Å²) in [5.74, 6) is -1.65. The number of carbonyl (C=O) groups is 5. The second-order valence-electron chi connectivity index (χ2n) is 7.35. The summed E-state index contributed by atoms with van der Waals surface area (Å²) in [6.07, 6.45) is 2.77. The zero-order valence-electron chi connectivity index (χ0n) is 17.4. The van der Waals surface area contributed by atoms with Gasteiger partial charge in [-0.3, -0.25) is 19.2 Å². The molecule has 1 fully saturated rings. The minimum absolute atomic E-state index is 0.0862. The molecule has 0 bridgehead atoms. The maximum absolute atomic E-state index is 12.7. The van der Waals surface area contributed by atoms with Crippen molar-refractivity contribution in [2.75, 3.05) is 19.6 Å². The molecule has 1 aromatic rings. The van der Waals surface area contributed by atoms with Crippen molar-refractivity contribution in [2.24, 2.45) is 0 Å². The summed E-state index contributed by atoms with van der Waals surface area (Å²) in [6, 6.07) is 4.66. The fourth-order valence-corrected chi connectivity index (χ4v) is 3.47. The first-order valence-corrected chi connectivity index (χ1v) is 10.2. The van der Waals surface area contributed by atoms with Gasteiger partial charge in [-0.15, -0.1) is 0 Å². The van der Waals surface area contributed by atoms with E-state index in [0.29, 0.717) is 19.3 Å². The highest BCUT2D eigenvalue weighted by atomic mass is 16.3. The van der Waals surface area contributed by atoms with Crippen LogP contribution >= 0.6 is 0 Å². The van der Waals surface area contributed by atoms with Crippen molar-refractivity contribution in [2.45, 2.75) is 44.7 Å². The Hall–Kier alpha value is -3.43. The summed E-state index contributed by atoms with van der Waals surface area (Å²) in [6.45, 7) is 1.24. The zero-order valence-corrected chi connectivity index (χ0v) is 17.4. The molecular weight excluding hydrogens is 404 g/mol. The first-order valence-electron chi connectivity index (χ1n) is 10.2. The van der Waals surface area contributed by atoms with Crippen LogP contribution in [0.3, 0.4) is 0 Å². The van der Waals surface area contributed by atoms with Crippen LogP contribution in [0, 0.1) is 0 Å². The van der Waals surface area contributed by atoms with E-state index in [0.717, 1.165) is 18.4 Å². The third kappa shape index (κ3) is 7.40. The van der Waals surface area contributed by atoms with Gasteiger partial charge in [0, 0.05) is 19.9 Å². The molecule has 0 unspecified atom stereocenters. The Labute approximate surface area is 180 Å². The van der Waals surface area contributed by atoms with Crippen LogP contribution in [0.4, 0.5) is 0 Å². The van der Waals surface area contributed by atoms with Crippen LogP contribution in [0.5, 0.6) is 5.75 Å². The van der Waals surface area contributed by atoms with Gasteiger partial charge in [-0.2, -0.15) is 0 Å². The maximum Gasteiger partial charge on any atom is 0.243 e. The van der Waals surface area contributed by atoms with Gasteiger partial charge in [-0.1, -0.05) is 12.1 Å². The number of carbonyl (C=O) groups excluding carboxylic acids is 5. The molecular formula is C21H28N4O6.